The molecule has 40 heavy (non-hydrogen) atoms. The predicted octanol–water partition coefficient (Wildman–Crippen LogP) is 3.04. The Bertz CT molecular complexity index is 1440. The minimum absolute atomic E-state index is 0.0620. The summed E-state index contributed by atoms with van der Waals surface area (Å²) in [4.78, 5) is 33.2. The van der Waals surface area contributed by atoms with Crippen molar-refractivity contribution in [1.29, 1.82) is 0 Å². The fourth-order valence-electron chi connectivity index (χ4n) is 3.71. The van der Waals surface area contributed by atoms with Gasteiger partial charge in [-0.15, -0.1) is 0 Å². The maximum absolute atomic E-state index is 13.1. The van der Waals surface area contributed by atoms with Gasteiger partial charge in [0.15, 0.2) is 0 Å². The Morgan fingerprint density at radius 1 is 1.05 bits per heavy atom. The quantitative estimate of drug-likeness (QED) is 0.322. The molecule has 0 unspecified atom stereocenters. The Kier molecular flexibility index (Phi) is 9.30. The Hall–Kier alpha value is -4.07. The van der Waals surface area contributed by atoms with Gasteiger partial charge in [-0.3, -0.25) is 9.59 Å². The second kappa shape index (κ2) is 12.9. The third-order valence-corrected chi connectivity index (χ3v) is 7.82. The standard InChI is InChI=1S/C27H30N4O8S/c1-18(17-36-2)38-24-14-20(27(33)29-23-10-5-19(16-28-23)13-26(32)37-3)15-25(30-24)39-21-6-8-22(9-7-21)40(34,35)31-11-4-12-31/h5-10,14-16,18H,4,11-13,17H2,1-3H3,(H,28,29,33)/t18-/m1/s1. The minimum Gasteiger partial charge on any atom is -0.472 e. The molecular weight excluding hydrogens is 540 g/mol. The first kappa shape index (κ1) is 28.9. The van der Waals surface area contributed by atoms with Crippen LogP contribution in [0.3, 0.4) is 0 Å². The van der Waals surface area contributed by atoms with Crippen molar-refractivity contribution in [2.75, 3.05) is 39.2 Å². The molecule has 1 aliphatic heterocycles. The molecule has 3 heterocycles. The van der Waals surface area contributed by atoms with Gasteiger partial charge in [0.2, 0.25) is 21.8 Å². The molecule has 1 N–H and O–H groups in total. The van der Waals surface area contributed by atoms with Crippen molar-refractivity contribution in [3.63, 3.8) is 0 Å². The highest BCUT2D eigenvalue weighted by molar-refractivity contribution is 7.89. The number of nitrogens with one attached hydrogen (secondary N) is 1. The number of carbonyl (C=O) groups excluding carboxylic acids is 2. The van der Waals surface area contributed by atoms with E-state index in [1.807, 2.05) is 0 Å². The number of pyridine rings is 2. The van der Waals surface area contributed by atoms with E-state index in [0.717, 1.165) is 6.42 Å². The van der Waals surface area contributed by atoms with Gasteiger partial charge in [0.1, 0.15) is 17.7 Å². The Morgan fingerprint density at radius 3 is 2.38 bits per heavy atom. The molecule has 0 spiro atoms. The summed E-state index contributed by atoms with van der Waals surface area (Å²) in [6.45, 7) is 3.10. The van der Waals surface area contributed by atoms with E-state index in [1.54, 1.807) is 26.2 Å². The van der Waals surface area contributed by atoms with Crippen LogP contribution in [-0.2, 0) is 30.7 Å². The average molecular weight is 571 g/mol. The normalized spacial score (nSPS) is 14.1. The molecular formula is C27H30N4O8S. The van der Waals surface area contributed by atoms with E-state index in [1.165, 1.54) is 54.0 Å². The smallest absolute Gasteiger partial charge is 0.310 e. The van der Waals surface area contributed by atoms with E-state index < -0.39 is 21.9 Å². The first-order chi connectivity index (χ1) is 19.2. The number of ether oxygens (including phenoxy) is 4. The van der Waals surface area contributed by atoms with Crippen molar-refractivity contribution < 1.29 is 37.0 Å². The number of carbonyl (C=O) groups is 2. The first-order valence-electron chi connectivity index (χ1n) is 12.5. The summed E-state index contributed by atoms with van der Waals surface area (Å²) in [5.41, 5.74) is 0.818. The average Bonchev–Trinajstić information content (AvgIpc) is 2.88. The zero-order chi connectivity index (χ0) is 28.7. The molecule has 13 heteroatoms. The fourth-order valence-corrected chi connectivity index (χ4v) is 5.22. The molecule has 4 rings (SSSR count). The lowest BCUT2D eigenvalue weighted by molar-refractivity contribution is -0.139. The molecule has 12 nitrogen and oxygen atoms in total. The number of methoxy groups -OCH3 is 2. The number of rotatable bonds is 12. The second-order valence-corrected chi connectivity index (χ2v) is 10.9. The maximum Gasteiger partial charge on any atom is 0.310 e. The van der Waals surface area contributed by atoms with E-state index in [2.05, 4.69) is 20.0 Å². The second-order valence-electron chi connectivity index (χ2n) is 9.01. The monoisotopic (exact) mass is 570 g/mol. The highest BCUT2D eigenvalue weighted by atomic mass is 32.2. The molecule has 1 amide bonds. The summed E-state index contributed by atoms with van der Waals surface area (Å²) in [5, 5.41) is 2.69. The van der Waals surface area contributed by atoms with Crippen molar-refractivity contribution in [2.24, 2.45) is 0 Å². The number of anilines is 1. The number of benzene rings is 1. The van der Waals surface area contributed by atoms with Crippen LogP contribution in [0.4, 0.5) is 5.82 Å². The summed E-state index contributed by atoms with van der Waals surface area (Å²) in [6.07, 6.45) is 2.02. The van der Waals surface area contributed by atoms with E-state index >= 15 is 0 Å². The summed E-state index contributed by atoms with van der Waals surface area (Å²) in [6, 6.07) is 12.1. The summed E-state index contributed by atoms with van der Waals surface area (Å²) < 4.78 is 48.1. The molecule has 212 valence electrons. The Balaban J connectivity index is 1.53. The number of sulfonamides is 1. The third-order valence-electron chi connectivity index (χ3n) is 5.91. The molecule has 0 saturated carbocycles. The van der Waals surface area contributed by atoms with E-state index in [0.29, 0.717) is 31.0 Å². The van der Waals surface area contributed by atoms with Gasteiger partial charge in [0, 0.05) is 38.5 Å². The molecule has 0 radical (unpaired) electrons. The lowest BCUT2D eigenvalue weighted by Crippen LogP contribution is -2.41. The van der Waals surface area contributed by atoms with Gasteiger partial charge in [-0.2, -0.15) is 9.29 Å². The van der Waals surface area contributed by atoms with Gasteiger partial charge < -0.3 is 24.3 Å². The van der Waals surface area contributed by atoms with Crippen molar-refractivity contribution >= 4 is 27.7 Å². The number of esters is 1. The maximum atomic E-state index is 13.1. The van der Waals surface area contributed by atoms with E-state index in [-0.39, 0.29) is 40.6 Å². The van der Waals surface area contributed by atoms with Crippen LogP contribution in [0, 0.1) is 0 Å². The van der Waals surface area contributed by atoms with Crippen LogP contribution in [0.5, 0.6) is 17.5 Å². The molecule has 1 aromatic carbocycles. The van der Waals surface area contributed by atoms with Crippen LogP contribution in [0.25, 0.3) is 0 Å². The molecule has 1 saturated heterocycles. The van der Waals surface area contributed by atoms with Gasteiger partial charge in [-0.1, -0.05) is 6.07 Å². The van der Waals surface area contributed by atoms with E-state index in [4.69, 9.17) is 14.2 Å². The van der Waals surface area contributed by atoms with Crippen molar-refractivity contribution in [3.8, 4) is 17.5 Å². The first-order valence-corrected chi connectivity index (χ1v) is 13.9. The van der Waals surface area contributed by atoms with Crippen LogP contribution >= 0.6 is 0 Å². The molecule has 1 aliphatic rings. The van der Waals surface area contributed by atoms with E-state index in [9.17, 15) is 18.0 Å². The third kappa shape index (κ3) is 7.31. The van der Waals surface area contributed by atoms with Crippen LogP contribution in [0.15, 0.2) is 59.6 Å². The van der Waals surface area contributed by atoms with Crippen LogP contribution < -0.4 is 14.8 Å². The zero-order valence-corrected chi connectivity index (χ0v) is 23.1. The lowest BCUT2D eigenvalue weighted by atomic mass is 10.2. The number of aromatic nitrogens is 2. The number of amides is 1. The highest BCUT2D eigenvalue weighted by Gasteiger charge is 2.29. The van der Waals surface area contributed by atoms with Gasteiger partial charge in [-0.25, -0.2) is 13.4 Å². The molecule has 2 aromatic heterocycles. The summed E-state index contributed by atoms with van der Waals surface area (Å²) in [7, 11) is -0.680. The summed E-state index contributed by atoms with van der Waals surface area (Å²) in [5.74, 6) is -0.109. The fraction of sp³-hybridized carbons (Fsp3) is 0.333. The number of hydrogen-bond donors (Lipinski definition) is 1. The molecule has 3 aromatic rings. The van der Waals surface area contributed by atoms with Crippen LogP contribution in [0.1, 0.15) is 29.3 Å². The Labute approximate surface area is 232 Å². The van der Waals surface area contributed by atoms with Gasteiger partial charge in [0.05, 0.1) is 30.6 Å². The minimum atomic E-state index is -3.53. The van der Waals surface area contributed by atoms with Crippen molar-refractivity contribution in [2.45, 2.75) is 30.8 Å². The SMILES string of the molecule is COC[C@@H](C)Oc1cc(C(=O)Nc2ccc(CC(=O)OC)cn2)cc(Oc2ccc(S(=O)(=O)N3CCC3)cc2)n1. The van der Waals surface area contributed by atoms with Gasteiger partial charge >= 0.3 is 5.97 Å². The summed E-state index contributed by atoms with van der Waals surface area (Å²) >= 11 is 0. The van der Waals surface area contributed by atoms with Crippen LogP contribution in [0.2, 0.25) is 0 Å². The number of nitrogens with zero attached hydrogens (tertiary/aromatic N) is 3. The zero-order valence-electron chi connectivity index (χ0n) is 22.3. The predicted molar refractivity (Wildman–Crippen MR) is 144 cm³/mol. The molecule has 0 bridgehead atoms. The molecule has 1 fully saturated rings. The lowest BCUT2D eigenvalue weighted by Gasteiger charge is -2.29. The largest absolute Gasteiger partial charge is 0.472 e. The van der Waals surface area contributed by atoms with Gasteiger partial charge in [-0.05, 0) is 49.2 Å². The molecule has 1 atom stereocenters. The van der Waals surface area contributed by atoms with Crippen LogP contribution in [-0.4, -0.2) is 74.6 Å². The van der Waals surface area contributed by atoms with Crippen molar-refractivity contribution in [3.05, 3.63) is 65.9 Å². The van der Waals surface area contributed by atoms with Gasteiger partial charge in [0.25, 0.3) is 5.91 Å². The topological polar surface area (TPSA) is 146 Å². The molecule has 0 aliphatic carbocycles. The highest BCUT2D eigenvalue weighted by Crippen LogP contribution is 2.28. The number of hydrogen-bond acceptors (Lipinski definition) is 10. The van der Waals surface area contributed by atoms with Crippen molar-refractivity contribution in [1.82, 2.24) is 14.3 Å². The Morgan fingerprint density at radius 2 is 1.77 bits per heavy atom.